The maximum Gasteiger partial charge on any atom is 0.216 e. The zero-order valence-electron chi connectivity index (χ0n) is 11.3. The van der Waals surface area contributed by atoms with Gasteiger partial charge < -0.3 is 5.73 Å². The predicted octanol–water partition coefficient (Wildman–Crippen LogP) is 0.498. The summed E-state index contributed by atoms with van der Waals surface area (Å²) in [6, 6.07) is 7.24. The zero-order valence-corrected chi connectivity index (χ0v) is 12.1. The fraction of sp³-hybridized carbons (Fsp3) is 0.308. The minimum Gasteiger partial charge on any atom is -0.326 e. The molecule has 3 N–H and O–H groups in total. The molecular weight excluding hydrogens is 276 g/mol. The van der Waals surface area contributed by atoms with Gasteiger partial charge in [0.1, 0.15) is 0 Å². The predicted molar refractivity (Wildman–Crippen MR) is 77.0 cm³/mol. The lowest BCUT2D eigenvalue weighted by Crippen LogP contribution is -2.24. The van der Waals surface area contributed by atoms with Gasteiger partial charge in [-0.1, -0.05) is 24.3 Å². The van der Waals surface area contributed by atoms with Crippen LogP contribution in [-0.2, 0) is 35.9 Å². The van der Waals surface area contributed by atoms with E-state index in [4.69, 9.17) is 5.73 Å². The van der Waals surface area contributed by atoms with Gasteiger partial charge in [-0.15, -0.1) is 0 Å². The Balaban J connectivity index is 1.96. The van der Waals surface area contributed by atoms with Gasteiger partial charge in [0.2, 0.25) is 10.0 Å². The molecule has 0 saturated carbocycles. The molecular formula is C13H18N4O2S. The summed E-state index contributed by atoms with van der Waals surface area (Å²) in [6.45, 7) is 0.698. The molecule has 0 aliphatic heterocycles. The van der Waals surface area contributed by atoms with Gasteiger partial charge in [-0.25, -0.2) is 13.1 Å². The van der Waals surface area contributed by atoms with Crippen LogP contribution in [0.15, 0.2) is 36.7 Å². The summed E-state index contributed by atoms with van der Waals surface area (Å²) in [5.41, 5.74) is 8.05. The lowest BCUT2D eigenvalue weighted by molar-refractivity contribution is 0.580. The largest absolute Gasteiger partial charge is 0.326 e. The van der Waals surface area contributed by atoms with Crippen LogP contribution in [0.4, 0.5) is 0 Å². The molecule has 0 atom stereocenters. The molecule has 1 aromatic carbocycles. The molecule has 108 valence electrons. The topological polar surface area (TPSA) is 90.0 Å². The fourth-order valence-electron chi connectivity index (χ4n) is 1.80. The number of aromatic nitrogens is 2. The third-order valence-electron chi connectivity index (χ3n) is 2.87. The number of benzene rings is 1. The Labute approximate surface area is 118 Å². The summed E-state index contributed by atoms with van der Waals surface area (Å²) in [4.78, 5) is 0. The lowest BCUT2D eigenvalue weighted by atomic mass is 10.1. The van der Waals surface area contributed by atoms with Gasteiger partial charge >= 0.3 is 0 Å². The van der Waals surface area contributed by atoms with E-state index in [1.54, 1.807) is 36.3 Å². The Kier molecular flexibility index (Phi) is 4.53. The zero-order chi connectivity index (χ0) is 14.6. The SMILES string of the molecule is Cn1cc(CNS(=O)(=O)Cc2ccc(CN)cc2)cn1. The molecule has 6 nitrogen and oxygen atoms in total. The van der Waals surface area contributed by atoms with Gasteiger partial charge in [0, 0.05) is 31.9 Å². The van der Waals surface area contributed by atoms with Gasteiger partial charge in [-0.3, -0.25) is 4.68 Å². The number of aryl methyl sites for hydroxylation is 1. The van der Waals surface area contributed by atoms with Crippen LogP contribution in [0, 0.1) is 0 Å². The molecule has 0 radical (unpaired) electrons. The minimum absolute atomic E-state index is 0.0435. The van der Waals surface area contributed by atoms with Crippen LogP contribution in [0.1, 0.15) is 16.7 Å². The molecule has 0 amide bonds. The Morgan fingerprint density at radius 1 is 1.20 bits per heavy atom. The molecule has 0 unspecified atom stereocenters. The Morgan fingerprint density at radius 3 is 2.40 bits per heavy atom. The minimum atomic E-state index is -3.36. The standard InChI is InChI=1S/C13H18N4O2S/c1-17-9-13(7-15-17)8-16-20(18,19)10-12-4-2-11(6-14)3-5-12/h2-5,7,9,16H,6,8,10,14H2,1H3. The molecule has 0 fully saturated rings. The molecule has 0 aliphatic carbocycles. The van der Waals surface area contributed by atoms with E-state index in [9.17, 15) is 8.42 Å². The molecule has 1 heterocycles. The second-order valence-corrected chi connectivity index (χ2v) is 6.43. The van der Waals surface area contributed by atoms with Crippen LogP contribution in [0.3, 0.4) is 0 Å². The van der Waals surface area contributed by atoms with Crippen molar-refractivity contribution in [3.63, 3.8) is 0 Å². The smallest absolute Gasteiger partial charge is 0.216 e. The lowest BCUT2D eigenvalue weighted by Gasteiger charge is -2.06. The van der Waals surface area contributed by atoms with Crippen molar-refractivity contribution in [3.05, 3.63) is 53.3 Å². The van der Waals surface area contributed by atoms with Crippen molar-refractivity contribution in [2.24, 2.45) is 12.8 Å². The van der Waals surface area contributed by atoms with Gasteiger partial charge in [0.05, 0.1) is 11.9 Å². The van der Waals surface area contributed by atoms with E-state index in [0.29, 0.717) is 6.54 Å². The normalized spacial score (nSPS) is 11.7. The molecule has 0 bridgehead atoms. The summed E-state index contributed by atoms with van der Waals surface area (Å²) < 4.78 is 28.1. The number of sulfonamides is 1. The van der Waals surface area contributed by atoms with E-state index in [0.717, 1.165) is 16.7 Å². The number of nitrogens with two attached hydrogens (primary N) is 1. The number of hydrogen-bond donors (Lipinski definition) is 2. The molecule has 1 aromatic heterocycles. The van der Waals surface area contributed by atoms with Crippen LogP contribution in [0.25, 0.3) is 0 Å². The first-order valence-corrected chi connectivity index (χ1v) is 7.86. The monoisotopic (exact) mass is 294 g/mol. The van der Waals surface area contributed by atoms with Crippen molar-refractivity contribution >= 4 is 10.0 Å². The van der Waals surface area contributed by atoms with Crippen molar-refractivity contribution in [2.75, 3.05) is 0 Å². The molecule has 0 aliphatic rings. The first-order valence-electron chi connectivity index (χ1n) is 6.21. The highest BCUT2D eigenvalue weighted by Crippen LogP contribution is 2.08. The average molecular weight is 294 g/mol. The summed E-state index contributed by atoms with van der Waals surface area (Å²) in [5.74, 6) is -0.0435. The van der Waals surface area contributed by atoms with Crippen LogP contribution in [-0.4, -0.2) is 18.2 Å². The van der Waals surface area contributed by atoms with Crippen molar-refractivity contribution in [2.45, 2.75) is 18.8 Å². The quantitative estimate of drug-likeness (QED) is 0.811. The van der Waals surface area contributed by atoms with Crippen molar-refractivity contribution in [1.82, 2.24) is 14.5 Å². The highest BCUT2D eigenvalue weighted by Gasteiger charge is 2.11. The summed E-state index contributed by atoms with van der Waals surface area (Å²) in [7, 11) is -1.57. The molecule has 7 heteroatoms. The second kappa shape index (κ2) is 6.17. The van der Waals surface area contributed by atoms with E-state index in [-0.39, 0.29) is 12.3 Å². The third-order valence-corrected chi connectivity index (χ3v) is 4.17. The highest BCUT2D eigenvalue weighted by atomic mass is 32.2. The number of rotatable bonds is 6. The summed E-state index contributed by atoms with van der Waals surface area (Å²) in [6.07, 6.45) is 3.41. The fourth-order valence-corrected chi connectivity index (χ4v) is 2.92. The van der Waals surface area contributed by atoms with E-state index in [2.05, 4.69) is 9.82 Å². The highest BCUT2D eigenvalue weighted by molar-refractivity contribution is 7.88. The number of hydrogen-bond acceptors (Lipinski definition) is 4. The van der Waals surface area contributed by atoms with Gasteiger partial charge in [-0.2, -0.15) is 5.10 Å². The van der Waals surface area contributed by atoms with Crippen molar-refractivity contribution < 1.29 is 8.42 Å². The van der Waals surface area contributed by atoms with Gasteiger partial charge in [0.15, 0.2) is 0 Å². The second-order valence-electron chi connectivity index (χ2n) is 4.62. The number of nitrogens with one attached hydrogen (secondary N) is 1. The number of nitrogens with zero attached hydrogens (tertiary/aromatic N) is 2. The summed E-state index contributed by atoms with van der Waals surface area (Å²) in [5, 5.41) is 3.99. The van der Waals surface area contributed by atoms with Crippen LogP contribution < -0.4 is 10.5 Å². The maximum atomic E-state index is 12.0. The molecule has 0 spiro atoms. The molecule has 20 heavy (non-hydrogen) atoms. The Hall–Kier alpha value is -1.70. The Bertz CT molecular complexity index is 662. The average Bonchev–Trinajstić information content (AvgIpc) is 2.83. The Morgan fingerprint density at radius 2 is 1.85 bits per heavy atom. The van der Waals surface area contributed by atoms with Crippen molar-refractivity contribution in [3.8, 4) is 0 Å². The molecule has 0 saturated heterocycles. The van der Waals surface area contributed by atoms with E-state index >= 15 is 0 Å². The molecule has 2 aromatic rings. The van der Waals surface area contributed by atoms with Crippen molar-refractivity contribution in [1.29, 1.82) is 0 Å². The first-order chi connectivity index (χ1) is 9.48. The van der Waals surface area contributed by atoms with Crippen LogP contribution in [0.2, 0.25) is 0 Å². The third kappa shape index (κ3) is 4.16. The molecule has 2 rings (SSSR count). The van der Waals surface area contributed by atoms with Gasteiger partial charge in [0.25, 0.3) is 0 Å². The van der Waals surface area contributed by atoms with Gasteiger partial charge in [-0.05, 0) is 11.1 Å². The van der Waals surface area contributed by atoms with E-state index in [1.165, 1.54) is 0 Å². The van der Waals surface area contributed by atoms with Crippen LogP contribution in [0.5, 0.6) is 0 Å². The van der Waals surface area contributed by atoms with E-state index in [1.807, 2.05) is 12.1 Å². The van der Waals surface area contributed by atoms with E-state index < -0.39 is 10.0 Å². The first kappa shape index (κ1) is 14.7. The van der Waals surface area contributed by atoms with Crippen LogP contribution >= 0.6 is 0 Å². The maximum absolute atomic E-state index is 12.0. The summed E-state index contributed by atoms with van der Waals surface area (Å²) >= 11 is 0.